The monoisotopic (exact) mass is 437 g/mol. The Hall–Kier alpha value is -2.22. The number of anilines is 1. The molecule has 1 amide bonds. The number of carbonyl (C=O) groups excluding carboxylic acids is 1. The highest BCUT2D eigenvalue weighted by molar-refractivity contribution is 6.02. The third-order valence-corrected chi connectivity index (χ3v) is 7.11. The van der Waals surface area contributed by atoms with E-state index >= 15 is 0 Å². The number of pyridine rings is 1. The fourth-order valence-corrected chi connectivity index (χ4v) is 4.95. The molecule has 172 valence electrons. The number of nitrogens with one attached hydrogen (secondary N) is 2. The topological polar surface area (TPSA) is 92.5 Å². The minimum Gasteiger partial charge on any atom is -0.381 e. The lowest BCUT2D eigenvalue weighted by Gasteiger charge is -2.36. The molecule has 1 atom stereocenters. The Morgan fingerprint density at radius 1 is 1.09 bits per heavy atom. The van der Waals surface area contributed by atoms with Crippen LogP contribution in [0.1, 0.15) is 54.4 Å². The van der Waals surface area contributed by atoms with Crippen molar-refractivity contribution in [1.29, 1.82) is 0 Å². The van der Waals surface area contributed by atoms with Crippen molar-refractivity contribution < 1.29 is 9.53 Å². The molecule has 7 nitrogen and oxygen atoms in total. The van der Waals surface area contributed by atoms with E-state index in [-0.39, 0.29) is 12.1 Å². The number of fused-ring (bicyclic) bond motifs is 1. The third-order valence-electron chi connectivity index (χ3n) is 7.11. The lowest BCUT2D eigenvalue weighted by Crippen LogP contribution is -2.48. The van der Waals surface area contributed by atoms with Crippen LogP contribution in [-0.2, 0) is 4.74 Å². The highest BCUT2D eigenvalue weighted by Gasteiger charge is 2.31. The quantitative estimate of drug-likeness (QED) is 0.602. The van der Waals surface area contributed by atoms with E-state index in [1.54, 1.807) is 0 Å². The van der Waals surface area contributed by atoms with E-state index in [0.717, 1.165) is 87.1 Å². The minimum absolute atomic E-state index is 0.113. The number of aromatic nitrogens is 1. The van der Waals surface area contributed by atoms with Crippen molar-refractivity contribution in [1.82, 2.24) is 15.6 Å². The first-order valence-electron chi connectivity index (χ1n) is 12.1. The summed E-state index contributed by atoms with van der Waals surface area (Å²) in [6, 6.07) is 9.28. The van der Waals surface area contributed by atoms with Crippen molar-refractivity contribution >= 4 is 22.6 Å². The van der Waals surface area contributed by atoms with E-state index in [1.165, 1.54) is 0 Å². The second kappa shape index (κ2) is 9.33. The number of benzene rings is 1. The molecule has 0 spiro atoms. The summed E-state index contributed by atoms with van der Waals surface area (Å²) >= 11 is 0. The summed E-state index contributed by atoms with van der Waals surface area (Å²) in [4.78, 5) is 20.5. The van der Waals surface area contributed by atoms with Crippen LogP contribution in [-0.4, -0.2) is 55.4 Å². The molecule has 1 aliphatic carbocycles. The summed E-state index contributed by atoms with van der Waals surface area (Å²) in [6.45, 7) is 5.56. The summed E-state index contributed by atoms with van der Waals surface area (Å²) in [5.41, 5.74) is 8.93. The van der Waals surface area contributed by atoms with E-state index in [9.17, 15) is 4.79 Å². The molecule has 0 bridgehead atoms. The van der Waals surface area contributed by atoms with Gasteiger partial charge in [0.1, 0.15) is 5.82 Å². The molecule has 2 aliphatic heterocycles. The van der Waals surface area contributed by atoms with Gasteiger partial charge in [-0.1, -0.05) is 11.6 Å². The molecule has 1 unspecified atom stereocenters. The third kappa shape index (κ3) is 4.90. The van der Waals surface area contributed by atoms with Gasteiger partial charge in [0, 0.05) is 43.8 Å². The van der Waals surface area contributed by atoms with Gasteiger partial charge in [-0.25, -0.2) is 4.98 Å². The molecule has 7 heteroatoms. The number of hydrogen-bond donors (Lipinski definition) is 3. The molecule has 32 heavy (non-hydrogen) atoms. The average molecular weight is 438 g/mol. The molecule has 3 fully saturated rings. The van der Waals surface area contributed by atoms with Crippen molar-refractivity contribution in [3.8, 4) is 0 Å². The Kier molecular flexibility index (Phi) is 6.31. The summed E-state index contributed by atoms with van der Waals surface area (Å²) < 4.78 is 5.48. The highest BCUT2D eigenvalue weighted by Crippen LogP contribution is 2.31. The number of carbonyl (C=O) groups is 1. The Balaban J connectivity index is 1.34. The van der Waals surface area contributed by atoms with Crippen molar-refractivity contribution in [2.45, 2.75) is 63.7 Å². The Morgan fingerprint density at radius 2 is 1.81 bits per heavy atom. The Labute approximate surface area is 190 Å². The number of hydrogen-bond acceptors (Lipinski definition) is 6. The van der Waals surface area contributed by atoms with Gasteiger partial charge in [0.05, 0.1) is 17.2 Å². The van der Waals surface area contributed by atoms with Crippen molar-refractivity contribution in [3.63, 3.8) is 0 Å². The second-order valence-corrected chi connectivity index (χ2v) is 9.71. The number of rotatable bonds is 6. The van der Waals surface area contributed by atoms with Gasteiger partial charge in [0.15, 0.2) is 0 Å². The Morgan fingerprint density at radius 3 is 2.53 bits per heavy atom. The predicted molar refractivity (Wildman–Crippen MR) is 127 cm³/mol. The van der Waals surface area contributed by atoms with Crippen LogP contribution in [0, 0.1) is 12.8 Å². The molecule has 3 aliphatic rings. The molecule has 3 heterocycles. The van der Waals surface area contributed by atoms with Crippen molar-refractivity contribution in [3.05, 3.63) is 35.4 Å². The highest BCUT2D eigenvalue weighted by atomic mass is 16.5. The van der Waals surface area contributed by atoms with Crippen LogP contribution >= 0.6 is 0 Å². The zero-order valence-electron chi connectivity index (χ0n) is 19.0. The number of piperidine rings is 1. The van der Waals surface area contributed by atoms with Crippen LogP contribution in [0.5, 0.6) is 0 Å². The summed E-state index contributed by atoms with van der Waals surface area (Å²) in [7, 11) is 0. The standard InChI is InChI=1S/C25H35N5O2/c1-16-2-5-22-18(14-16)15-21(25(31)29-23(26)17-3-4-17)24(28-22)30-10-6-19(7-11-30)27-20-8-12-32-13-9-20/h2,5,14-15,17,19-20,23,27H,3-4,6-13,26H2,1H3,(H,29,31). The summed E-state index contributed by atoms with van der Waals surface area (Å²) in [6.07, 6.45) is 6.20. The maximum atomic E-state index is 13.2. The fraction of sp³-hybridized carbons (Fsp3) is 0.600. The van der Waals surface area contributed by atoms with E-state index in [2.05, 4.69) is 34.6 Å². The molecule has 2 saturated heterocycles. The molecule has 2 aromatic rings. The van der Waals surface area contributed by atoms with Crippen LogP contribution in [0.2, 0.25) is 0 Å². The van der Waals surface area contributed by atoms with Crippen molar-refractivity contribution in [2.75, 3.05) is 31.2 Å². The predicted octanol–water partition coefficient (Wildman–Crippen LogP) is 2.71. The lowest BCUT2D eigenvalue weighted by molar-refractivity contribution is 0.0738. The molecule has 1 saturated carbocycles. The Bertz CT molecular complexity index is 962. The maximum Gasteiger partial charge on any atom is 0.256 e. The van der Waals surface area contributed by atoms with Crippen LogP contribution in [0.15, 0.2) is 24.3 Å². The van der Waals surface area contributed by atoms with Gasteiger partial charge in [-0.05, 0) is 69.6 Å². The molecule has 1 aromatic carbocycles. The first kappa shape index (κ1) is 21.6. The van der Waals surface area contributed by atoms with Crippen LogP contribution in [0.4, 0.5) is 5.82 Å². The normalized spacial score (nSPS) is 21.6. The molecule has 1 aromatic heterocycles. The van der Waals surface area contributed by atoms with Gasteiger partial charge in [-0.15, -0.1) is 0 Å². The van der Waals surface area contributed by atoms with Gasteiger partial charge < -0.3 is 26.0 Å². The van der Waals surface area contributed by atoms with Gasteiger partial charge in [-0.3, -0.25) is 4.79 Å². The maximum absolute atomic E-state index is 13.2. The number of aryl methyl sites for hydroxylation is 1. The smallest absolute Gasteiger partial charge is 0.256 e. The largest absolute Gasteiger partial charge is 0.381 e. The van der Waals surface area contributed by atoms with Crippen LogP contribution in [0.25, 0.3) is 10.9 Å². The van der Waals surface area contributed by atoms with Gasteiger partial charge in [0.2, 0.25) is 0 Å². The van der Waals surface area contributed by atoms with E-state index in [4.69, 9.17) is 15.5 Å². The first-order chi connectivity index (χ1) is 15.6. The molecule has 0 radical (unpaired) electrons. The van der Waals surface area contributed by atoms with E-state index < -0.39 is 0 Å². The zero-order valence-corrected chi connectivity index (χ0v) is 19.0. The van der Waals surface area contributed by atoms with E-state index in [0.29, 0.717) is 23.6 Å². The van der Waals surface area contributed by atoms with Gasteiger partial charge in [-0.2, -0.15) is 0 Å². The van der Waals surface area contributed by atoms with Gasteiger partial charge in [0.25, 0.3) is 5.91 Å². The zero-order chi connectivity index (χ0) is 22.1. The minimum atomic E-state index is -0.280. The second-order valence-electron chi connectivity index (χ2n) is 9.71. The molecular weight excluding hydrogens is 402 g/mol. The molecule has 4 N–H and O–H groups in total. The summed E-state index contributed by atoms with van der Waals surface area (Å²) in [5, 5.41) is 7.85. The van der Waals surface area contributed by atoms with Crippen molar-refractivity contribution in [2.24, 2.45) is 11.7 Å². The number of nitrogens with zero attached hydrogens (tertiary/aromatic N) is 2. The fourth-order valence-electron chi connectivity index (χ4n) is 4.95. The SMILES string of the molecule is Cc1ccc2nc(N3CCC(NC4CCOCC4)CC3)c(C(=O)NC(N)C3CC3)cc2c1. The number of ether oxygens (including phenoxy) is 1. The summed E-state index contributed by atoms with van der Waals surface area (Å²) in [5.74, 6) is 1.08. The number of nitrogens with two attached hydrogens (primary N) is 1. The van der Waals surface area contributed by atoms with Crippen LogP contribution < -0.4 is 21.3 Å². The van der Waals surface area contributed by atoms with E-state index in [1.807, 2.05) is 12.1 Å². The number of amides is 1. The molecule has 5 rings (SSSR count). The lowest BCUT2D eigenvalue weighted by atomic mass is 10.0. The molecular formula is C25H35N5O2. The van der Waals surface area contributed by atoms with Gasteiger partial charge >= 0.3 is 0 Å². The average Bonchev–Trinajstić information content (AvgIpc) is 3.65. The van der Waals surface area contributed by atoms with Crippen LogP contribution in [0.3, 0.4) is 0 Å². The first-order valence-corrected chi connectivity index (χ1v) is 12.1.